The summed E-state index contributed by atoms with van der Waals surface area (Å²) in [6, 6.07) is 7.85. The van der Waals surface area contributed by atoms with Crippen molar-refractivity contribution in [2.75, 3.05) is 13.6 Å². The third-order valence-corrected chi connectivity index (χ3v) is 3.07. The fourth-order valence-electron chi connectivity index (χ4n) is 2.03. The molecule has 2 rings (SSSR count). The largest absolute Gasteiger partial charge is 0.360 e. The number of carbonyl (C=O) groups is 1. The van der Waals surface area contributed by atoms with Crippen molar-refractivity contribution in [2.45, 2.75) is 12.8 Å². The summed E-state index contributed by atoms with van der Waals surface area (Å²) in [7, 11) is 1.84. The molecule has 0 unspecified atom stereocenters. The summed E-state index contributed by atoms with van der Waals surface area (Å²) in [5, 5.41) is 0.984. The second-order valence-corrected chi connectivity index (χ2v) is 4.41. The first-order valence-electron chi connectivity index (χ1n) is 6.16. The Hall–Kier alpha value is -2.03. The Kier molecular flexibility index (Phi) is 3.82. The highest BCUT2D eigenvalue weighted by Gasteiger charge is 2.15. The van der Waals surface area contributed by atoms with Crippen molar-refractivity contribution in [1.29, 1.82) is 0 Å². The number of para-hydroxylation sites is 1. The van der Waals surface area contributed by atoms with Crippen LogP contribution in [0.3, 0.4) is 0 Å². The van der Waals surface area contributed by atoms with Gasteiger partial charge in [-0.05, 0) is 18.9 Å². The topological polar surface area (TPSA) is 36.1 Å². The lowest BCUT2D eigenvalue weighted by atomic mass is 10.1. The first-order chi connectivity index (χ1) is 8.74. The molecular weight excluding hydrogens is 224 g/mol. The highest BCUT2D eigenvalue weighted by Crippen LogP contribution is 2.19. The van der Waals surface area contributed by atoms with Crippen LogP contribution in [-0.4, -0.2) is 29.4 Å². The number of aromatic amines is 1. The van der Waals surface area contributed by atoms with E-state index in [4.69, 9.17) is 0 Å². The van der Waals surface area contributed by atoms with Crippen molar-refractivity contribution < 1.29 is 4.79 Å². The minimum absolute atomic E-state index is 0.0662. The number of fused-ring (bicyclic) bond motifs is 1. The van der Waals surface area contributed by atoms with Gasteiger partial charge in [-0.2, -0.15) is 0 Å². The molecule has 0 saturated carbocycles. The third kappa shape index (κ3) is 2.45. The van der Waals surface area contributed by atoms with E-state index in [0.29, 0.717) is 0 Å². The number of unbranched alkanes of at least 4 members (excludes halogenated alkanes) is 1. The Labute approximate surface area is 107 Å². The third-order valence-electron chi connectivity index (χ3n) is 3.07. The summed E-state index contributed by atoms with van der Waals surface area (Å²) in [5.74, 6) is 0.0662. The SMILES string of the molecule is C=CCCCN(C)C(=O)c1c[nH]c2ccccc12. The maximum absolute atomic E-state index is 12.3. The molecule has 1 amide bonds. The number of nitrogens with one attached hydrogen (secondary N) is 1. The fraction of sp³-hybridized carbons (Fsp3) is 0.267. The number of allylic oxidation sites excluding steroid dienone is 1. The van der Waals surface area contributed by atoms with E-state index in [9.17, 15) is 4.79 Å². The molecule has 3 heteroatoms. The van der Waals surface area contributed by atoms with E-state index in [1.807, 2.05) is 37.4 Å². The number of rotatable bonds is 5. The Bertz CT molecular complexity index is 556. The van der Waals surface area contributed by atoms with Gasteiger partial charge >= 0.3 is 0 Å². The summed E-state index contributed by atoms with van der Waals surface area (Å²) in [5.41, 5.74) is 1.74. The van der Waals surface area contributed by atoms with Crippen LogP contribution in [-0.2, 0) is 0 Å². The summed E-state index contributed by atoms with van der Waals surface area (Å²) < 4.78 is 0. The maximum Gasteiger partial charge on any atom is 0.255 e. The van der Waals surface area contributed by atoms with Gasteiger partial charge in [-0.1, -0.05) is 24.3 Å². The van der Waals surface area contributed by atoms with E-state index in [-0.39, 0.29) is 5.91 Å². The van der Waals surface area contributed by atoms with Gasteiger partial charge in [0.2, 0.25) is 0 Å². The number of aromatic nitrogens is 1. The first-order valence-corrected chi connectivity index (χ1v) is 6.16. The predicted molar refractivity (Wildman–Crippen MR) is 74.7 cm³/mol. The molecule has 0 fully saturated rings. The lowest BCUT2D eigenvalue weighted by Gasteiger charge is -2.16. The van der Waals surface area contributed by atoms with Crippen molar-refractivity contribution in [3.63, 3.8) is 0 Å². The molecule has 0 aliphatic rings. The summed E-state index contributed by atoms with van der Waals surface area (Å²) in [6.45, 7) is 4.44. The van der Waals surface area contributed by atoms with E-state index in [0.717, 1.165) is 35.9 Å². The molecule has 3 nitrogen and oxygen atoms in total. The van der Waals surface area contributed by atoms with Crippen LogP contribution in [0.25, 0.3) is 10.9 Å². The zero-order valence-electron chi connectivity index (χ0n) is 10.6. The molecule has 0 saturated heterocycles. The van der Waals surface area contributed by atoms with E-state index < -0.39 is 0 Å². The summed E-state index contributed by atoms with van der Waals surface area (Å²) in [6.07, 6.45) is 5.56. The number of H-pyrrole nitrogens is 1. The first kappa shape index (κ1) is 12.4. The van der Waals surface area contributed by atoms with E-state index in [1.54, 1.807) is 11.1 Å². The van der Waals surface area contributed by atoms with Crippen LogP contribution in [0.2, 0.25) is 0 Å². The molecule has 94 valence electrons. The van der Waals surface area contributed by atoms with Gasteiger partial charge in [0.1, 0.15) is 0 Å². The molecule has 1 aromatic carbocycles. The highest BCUT2D eigenvalue weighted by atomic mass is 16.2. The molecule has 2 aromatic rings. The average molecular weight is 242 g/mol. The van der Waals surface area contributed by atoms with Crippen LogP contribution < -0.4 is 0 Å². The molecule has 0 atom stereocenters. The van der Waals surface area contributed by atoms with Gasteiger partial charge in [0.25, 0.3) is 5.91 Å². The Balaban J connectivity index is 2.15. The van der Waals surface area contributed by atoms with Gasteiger partial charge in [0.05, 0.1) is 5.56 Å². The molecule has 1 heterocycles. The van der Waals surface area contributed by atoms with Gasteiger partial charge in [-0.25, -0.2) is 0 Å². The van der Waals surface area contributed by atoms with Crippen molar-refractivity contribution in [1.82, 2.24) is 9.88 Å². The molecule has 1 aromatic heterocycles. The Morgan fingerprint density at radius 2 is 2.22 bits per heavy atom. The van der Waals surface area contributed by atoms with Gasteiger partial charge < -0.3 is 9.88 Å². The molecular formula is C15H18N2O. The number of nitrogens with zero attached hydrogens (tertiary/aromatic N) is 1. The quantitative estimate of drug-likeness (QED) is 0.634. The van der Waals surface area contributed by atoms with Crippen molar-refractivity contribution in [3.8, 4) is 0 Å². The summed E-state index contributed by atoms with van der Waals surface area (Å²) in [4.78, 5) is 17.2. The number of hydrogen-bond donors (Lipinski definition) is 1. The molecule has 18 heavy (non-hydrogen) atoms. The van der Waals surface area contributed by atoms with Crippen LogP contribution in [0.1, 0.15) is 23.2 Å². The summed E-state index contributed by atoms with van der Waals surface area (Å²) >= 11 is 0. The number of amides is 1. The van der Waals surface area contributed by atoms with E-state index >= 15 is 0 Å². The highest BCUT2D eigenvalue weighted by molar-refractivity contribution is 6.06. The predicted octanol–water partition coefficient (Wildman–Crippen LogP) is 3.21. The van der Waals surface area contributed by atoms with Crippen LogP contribution in [0.5, 0.6) is 0 Å². The van der Waals surface area contributed by atoms with Crippen molar-refractivity contribution in [2.24, 2.45) is 0 Å². The average Bonchev–Trinajstić information content (AvgIpc) is 2.82. The zero-order chi connectivity index (χ0) is 13.0. The van der Waals surface area contributed by atoms with Crippen molar-refractivity contribution in [3.05, 3.63) is 48.7 Å². The number of benzene rings is 1. The number of carbonyl (C=O) groups excluding carboxylic acids is 1. The Morgan fingerprint density at radius 1 is 1.44 bits per heavy atom. The molecule has 0 bridgehead atoms. The minimum atomic E-state index is 0.0662. The molecule has 0 spiro atoms. The molecule has 0 radical (unpaired) electrons. The Morgan fingerprint density at radius 3 is 3.00 bits per heavy atom. The van der Waals surface area contributed by atoms with Gasteiger partial charge in [0.15, 0.2) is 0 Å². The lowest BCUT2D eigenvalue weighted by Crippen LogP contribution is -2.27. The normalized spacial score (nSPS) is 10.5. The minimum Gasteiger partial charge on any atom is -0.360 e. The fourth-order valence-corrected chi connectivity index (χ4v) is 2.03. The van der Waals surface area contributed by atoms with E-state index in [2.05, 4.69) is 11.6 Å². The van der Waals surface area contributed by atoms with Crippen LogP contribution >= 0.6 is 0 Å². The van der Waals surface area contributed by atoms with Gasteiger partial charge in [0, 0.05) is 30.7 Å². The molecule has 0 aliphatic carbocycles. The van der Waals surface area contributed by atoms with Gasteiger partial charge in [-0.15, -0.1) is 6.58 Å². The monoisotopic (exact) mass is 242 g/mol. The smallest absolute Gasteiger partial charge is 0.255 e. The molecule has 1 N–H and O–H groups in total. The van der Waals surface area contributed by atoms with Crippen LogP contribution in [0.15, 0.2) is 43.1 Å². The van der Waals surface area contributed by atoms with Crippen LogP contribution in [0, 0.1) is 0 Å². The zero-order valence-corrected chi connectivity index (χ0v) is 10.6. The standard InChI is InChI=1S/C15H18N2O/c1-3-4-7-10-17(2)15(18)13-11-16-14-9-6-5-8-12(13)14/h3,5-6,8-9,11,16H,1,4,7,10H2,2H3. The van der Waals surface area contributed by atoms with Crippen LogP contribution in [0.4, 0.5) is 0 Å². The van der Waals surface area contributed by atoms with Gasteiger partial charge in [-0.3, -0.25) is 4.79 Å². The molecule has 0 aliphatic heterocycles. The second-order valence-electron chi connectivity index (χ2n) is 4.41. The second kappa shape index (κ2) is 5.54. The maximum atomic E-state index is 12.3. The number of hydrogen-bond acceptors (Lipinski definition) is 1. The van der Waals surface area contributed by atoms with E-state index in [1.165, 1.54) is 0 Å². The lowest BCUT2D eigenvalue weighted by molar-refractivity contribution is 0.0796. The van der Waals surface area contributed by atoms with Crippen molar-refractivity contribution >= 4 is 16.8 Å².